The van der Waals surface area contributed by atoms with E-state index in [2.05, 4.69) is 31.2 Å². The Bertz CT molecular complexity index is 1280. The molecule has 32 heavy (non-hydrogen) atoms. The minimum atomic E-state index is -4.22. The first-order chi connectivity index (χ1) is 15.2. The number of aromatic hydroxyl groups is 1. The van der Waals surface area contributed by atoms with Gasteiger partial charge in [0.1, 0.15) is 16.4 Å². The third kappa shape index (κ3) is 5.53. The SMILES string of the molecule is COc1ccc(NS(=O)(=O)c2cc([N+](=O)[O-])ccc2NN=Cc2cc(Br)ccc2O)cc1. The van der Waals surface area contributed by atoms with Gasteiger partial charge in [-0.2, -0.15) is 5.10 Å². The van der Waals surface area contributed by atoms with Crippen LogP contribution < -0.4 is 14.9 Å². The average molecular weight is 521 g/mol. The van der Waals surface area contributed by atoms with E-state index in [0.29, 0.717) is 15.8 Å². The second-order valence-electron chi connectivity index (χ2n) is 6.34. The van der Waals surface area contributed by atoms with Crippen molar-refractivity contribution >= 4 is 49.2 Å². The number of hydrogen-bond acceptors (Lipinski definition) is 8. The maximum absolute atomic E-state index is 13.0. The Hall–Kier alpha value is -3.64. The van der Waals surface area contributed by atoms with E-state index >= 15 is 0 Å². The number of hydrogen-bond donors (Lipinski definition) is 3. The minimum absolute atomic E-state index is 0.00217. The van der Waals surface area contributed by atoms with Crippen LogP contribution in [0.4, 0.5) is 17.1 Å². The summed E-state index contributed by atoms with van der Waals surface area (Å²) in [6.45, 7) is 0. The topological polar surface area (TPSA) is 143 Å². The lowest BCUT2D eigenvalue weighted by molar-refractivity contribution is -0.385. The summed E-state index contributed by atoms with van der Waals surface area (Å²) in [5.74, 6) is 0.507. The number of ether oxygens (including phenoxy) is 1. The lowest BCUT2D eigenvalue weighted by Gasteiger charge is -2.12. The number of anilines is 2. The van der Waals surface area contributed by atoms with Crippen LogP contribution in [0.3, 0.4) is 0 Å². The Labute approximate surface area is 191 Å². The maximum Gasteiger partial charge on any atom is 0.270 e. The number of halogens is 1. The number of phenolic OH excluding ortho intramolecular Hbond substituents is 1. The first kappa shape index (κ1) is 23.0. The molecule has 3 rings (SSSR count). The number of nitrogens with zero attached hydrogens (tertiary/aromatic N) is 2. The van der Waals surface area contributed by atoms with Crippen molar-refractivity contribution in [2.45, 2.75) is 4.90 Å². The molecule has 0 radical (unpaired) electrons. The number of nitro benzene ring substituents is 1. The fourth-order valence-corrected chi connectivity index (χ4v) is 4.22. The van der Waals surface area contributed by atoms with E-state index in [-0.39, 0.29) is 22.0 Å². The zero-order chi connectivity index (χ0) is 23.3. The molecule has 0 saturated heterocycles. The molecule has 0 bridgehead atoms. The van der Waals surface area contributed by atoms with Gasteiger partial charge < -0.3 is 9.84 Å². The highest BCUT2D eigenvalue weighted by atomic mass is 79.9. The zero-order valence-electron chi connectivity index (χ0n) is 16.5. The second kappa shape index (κ2) is 9.66. The van der Waals surface area contributed by atoms with E-state index in [1.54, 1.807) is 24.3 Å². The third-order valence-corrected chi connectivity index (χ3v) is 6.10. The molecule has 10 nitrogen and oxygen atoms in total. The largest absolute Gasteiger partial charge is 0.507 e. The molecular weight excluding hydrogens is 504 g/mol. The van der Waals surface area contributed by atoms with Gasteiger partial charge in [-0.15, -0.1) is 0 Å². The number of sulfonamides is 1. The van der Waals surface area contributed by atoms with Crippen molar-refractivity contribution in [3.63, 3.8) is 0 Å². The van der Waals surface area contributed by atoms with E-state index in [4.69, 9.17) is 4.74 Å². The maximum atomic E-state index is 13.0. The van der Waals surface area contributed by atoms with E-state index in [1.807, 2.05) is 0 Å². The number of methoxy groups -OCH3 is 1. The van der Waals surface area contributed by atoms with E-state index < -0.39 is 20.6 Å². The predicted octanol–water partition coefficient (Wildman–Crippen LogP) is 4.32. The Morgan fingerprint density at radius 1 is 1.12 bits per heavy atom. The van der Waals surface area contributed by atoms with Crippen LogP contribution in [0, 0.1) is 10.1 Å². The summed E-state index contributed by atoms with van der Waals surface area (Å²) >= 11 is 3.28. The van der Waals surface area contributed by atoms with Crippen molar-refractivity contribution in [3.05, 3.63) is 80.8 Å². The standard InChI is InChI=1S/C20H17BrN4O6S/c1-31-17-6-3-15(4-7-17)24-32(29,30)20-11-16(25(27)28)5-8-18(20)23-22-12-13-10-14(21)2-9-19(13)26/h2-12,23-24,26H,1H3. The first-order valence-electron chi connectivity index (χ1n) is 8.92. The Morgan fingerprint density at radius 2 is 1.84 bits per heavy atom. The number of benzene rings is 3. The minimum Gasteiger partial charge on any atom is -0.507 e. The third-order valence-electron chi connectivity index (χ3n) is 4.19. The number of phenols is 1. The average Bonchev–Trinajstić information content (AvgIpc) is 2.76. The van der Waals surface area contributed by atoms with Crippen LogP contribution >= 0.6 is 15.9 Å². The van der Waals surface area contributed by atoms with E-state index in [1.165, 1.54) is 37.6 Å². The number of non-ortho nitro benzene ring substituents is 1. The molecule has 3 aromatic carbocycles. The van der Waals surface area contributed by atoms with Gasteiger partial charge in [0.05, 0.1) is 23.9 Å². The van der Waals surface area contributed by atoms with Crippen LogP contribution in [0.1, 0.15) is 5.56 Å². The molecule has 0 heterocycles. The van der Waals surface area contributed by atoms with Gasteiger partial charge in [0.2, 0.25) is 0 Å². The molecule has 0 spiro atoms. The summed E-state index contributed by atoms with van der Waals surface area (Å²) in [6.07, 6.45) is 1.29. The normalized spacial score (nSPS) is 11.3. The van der Waals surface area contributed by atoms with Gasteiger partial charge >= 0.3 is 0 Å². The molecule has 3 aromatic rings. The van der Waals surface area contributed by atoms with Crippen molar-refractivity contribution in [1.29, 1.82) is 0 Å². The number of nitro groups is 1. The Morgan fingerprint density at radius 3 is 2.50 bits per heavy atom. The molecule has 0 aromatic heterocycles. The number of rotatable bonds is 8. The van der Waals surface area contributed by atoms with Crippen molar-refractivity contribution in [2.24, 2.45) is 5.10 Å². The second-order valence-corrected chi connectivity index (χ2v) is 8.91. The van der Waals surface area contributed by atoms with Crippen LogP contribution in [0.5, 0.6) is 11.5 Å². The van der Waals surface area contributed by atoms with Gasteiger partial charge in [0, 0.05) is 27.9 Å². The summed E-state index contributed by atoms with van der Waals surface area (Å²) in [7, 11) is -2.74. The lowest BCUT2D eigenvalue weighted by Crippen LogP contribution is -2.15. The summed E-state index contributed by atoms with van der Waals surface area (Å²) in [5.41, 5.74) is 2.78. The first-order valence-corrected chi connectivity index (χ1v) is 11.2. The monoisotopic (exact) mass is 520 g/mol. The highest BCUT2D eigenvalue weighted by molar-refractivity contribution is 9.10. The highest BCUT2D eigenvalue weighted by Crippen LogP contribution is 2.29. The molecule has 3 N–H and O–H groups in total. The van der Waals surface area contributed by atoms with E-state index in [0.717, 1.165) is 12.1 Å². The van der Waals surface area contributed by atoms with E-state index in [9.17, 15) is 23.6 Å². The molecule has 12 heteroatoms. The van der Waals surface area contributed by atoms with Gasteiger partial charge in [-0.05, 0) is 48.5 Å². The molecule has 0 amide bonds. The molecular formula is C20H17BrN4O6S. The summed E-state index contributed by atoms with van der Waals surface area (Å²) < 4.78 is 34.1. The molecule has 0 fully saturated rings. The van der Waals surface area contributed by atoms with Gasteiger partial charge in [-0.3, -0.25) is 20.3 Å². The zero-order valence-corrected chi connectivity index (χ0v) is 18.9. The van der Waals surface area contributed by atoms with Crippen molar-refractivity contribution < 1.29 is 23.2 Å². The molecule has 0 saturated carbocycles. The number of hydrazone groups is 1. The Kier molecular flexibility index (Phi) is 6.95. The quantitative estimate of drug-likeness (QED) is 0.228. The summed E-state index contributed by atoms with van der Waals surface area (Å²) in [4.78, 5) is 10.1. The molecule has 0 aliphatic heterocycles. The van der Waals surface area contributed by atoms with Crippen LogP contribution in [0.2, 0.25) is 0 Å². The van der Waals surface area contributed by atoms with Crippen LogP contribution in [-0.4, -0.2) is 31.8 Å². The predicted molar refractivity (Wildman–Crippen MR) is 124 cm³/mol. The van der Waals surface area contributed by atoms with Crippen molar-refractivity contribution in [1.82, 2.24) is 0 Å². The smallest absolute Gasteiger partial charge is 0.270 e. The number of nitrogens with one attached hydrogen (secondary N) is 2. The fourth-order valence-electron chi connectivity index (χ4n) is 2.61. The van der Waals surface area contributed by atoms with Crippen LogP contribution in [-0.2, 0) is 10.0 Å². The molecule has 0 atom stereocenters. The fraction of sp³-hybridized carbons (Fsp3) is 0.0500. The lowest BCUT2D eigenvalue weighted by atomic mass is 10.2. The Balaban J connectivity index is 1.93. The molecule has 166 valence electrons. The summed E-state index contributed by atoms with van der Waals surface area (Å²) in [6, 6.07) is 14.2. The van der Waals surface area contributed by atoms with Gasteiger partial charge in [0.15, 0.2) is 0 Å². The van der Waals surface area contributed by atoms with Gasteiger partial charge in [-0.25, -0.2) is 8.42 Å². The van der Waals surface area contributed by atoms with Gasteiger partial charge in [0.25, 0.3) is 15.7 Å². The van der Waals surface area contributed by atoms with Gasteiger partial charge in [-0.1, -0.05) is 15.9 Å². The molecule has 0 aliphatic rings. The molecule has 0 unspecified atom stereocenters. The van der Waals surface area contributed by atoms with Crippen molar-refractivity contribution in [2.75, 3.05) is 17.3 Å². The highest BCUT2D eigenvalue weighted by Gasteiger charge is 2.22. The molecule has 0 aliphatic carbocycles. The van der Waals surface area contributed by atoms with Crippen LogP contribution in [0.25, 0.3) is 0 Å². The van der Waals surface area contributed by atoms with Crippen molar-refractivity contribution in [3.8, 4) is 11.5 Å². The summed E-state index contributed by atoms with van der Waals surface area (Å²) in [5, 5.41) is 25.0. The van der Waals surface area contributed by atoms with Crippen LogP contribution in [0.15, 0.2) is 75.1 Å².